The first-order chi connectivity index (χ1) is 10.1. The quantitative estimate of drug-likeness (QED) is 0.859. The minimum absolute atomic E-state index is 0.0206. The second kappa shape index (κ2) is 7.81. The van der Waals surface area contributed by atoms with Gasteiger partial charge in [0, 0.05) is 17.6 Å². The Morgan fingerprint density at radius 2 is 1.90 bits per heavy atom. The maximum atomic E-state index is 11.8. The highest BCUT2D eigenvalue weighted by atomic mass is 35.5. The summed E-state index contributed by atoms with van der Waals surface area (Å²) >= 11 is 5.96. The third-order valence-electron chi connectivity index (χ3n) is 3.25. The third kappa shape index (κ3) is 5.21. The van der Waals surface area contributed by atoms with Crippen molar-refractivity contribution in [2.75, 3.05) is 6.54 Å². The fourth-order valence-electron chi connectivity index (χ4n) is 2.00. The number of carbonyl (C=O) groups excluding carboxylic acids is 1. The Balaban J connectivity index is 1.76. The molecule has 2 aromatic carbocycles. The molecule has 110 valence electrons. The Hall–Kier alpha value is -1.84. The number of rotatable bonds is 6. The Bertz CT molecular complexity index is 586. The minimum atomic E-state index is -0.0206. The Kier molecular flexibility index (Phi) is 5.78. The maximum Gasteiger partial charge on any atom is 0.234 e. The largest absolute Gasteiger partial charge is 0.351 e. The highest BCUT2D eigenvalue weighted by molar-refractivity contribution is 6.30. The fourth-order valence-corrected chi connectivity index (χ4v) is 2.20. The molecular formula is C17H19ClN2O. The molecule has 1 atom stereocenters. The van der Waals surface area contributed by atoms with Crippen molar-refractivity contribution >= 4 is 17.5 Å². The zero-order valence-electron chi connectivity index (χ0n) is 12.0. The van der Waals surface area contributed by atoms with E-state index in [-0.39, 0.29) is 18.5 Å². The molecule has 0 aliphatic carbocycles. The zero-order chi connectivity index (χ0) is 15.1. The SMILES string of the molecule is C[C@@H](NCC(=O)NCc1ccccc1)c1cccc(Cl)c1. The van der Waals surface area contributed by atoms with Gasteiger partial charge in [-0.1, -0.05) is 54.1 Å². The average molecular weight is 303 g/mol. The van der Waals surface area contributed by atoms with Gasteiger partial charge < -0.3 is 10.6 Å². The number of nitrogens with one attached hydrogen (secondary N) is 2. The summed E-state index contributed by atoms with van der Waals surface area (Å²) < 4.78 is 0. The van der Waals surface area contributed by atoms with Crippen LogP contribution in [-0.4, -0.2) is 12.5 Å². The van der Waals surface area contributed by atoms with Crippen LogP contribution in [0.25, 0.3) is 0 Å². The molecule has 0 aromatic heterocycles. The molecule has 0 bridgehead atoms. The van der Waals surface area contributed by atoms with Gasteiger partial charge in [-0.15, -0.1) is 0 Å². The highest BCUT2D eigenvalue weighted by Gasteiger charge is 2.07. The third-order valence-corrected chi connectivity index (χ3v) is 3.49. The van der Waals surface area contributed by atoms with Crippen molar-refractivity contribution in [3.8, 4) is 0 Å². The van der Waals surface area contributed by atoms with Crippen LogP contribution in [-0.2, 0) is 11.3 Å². The summed E-state index contributed by atoms with van der Waals surface area (Å²) in [7, 11) is 0. The molecule has 2 N–H and O–H groups in total. The molecule has 0 radical (unpaired) electrons. The van der Waals surface area contributed by atoms with Gasteiger partial charge in [0.2, 0.25) is 5.91 Å². The van der Waals surface area contributed by atoms with Gasteiger partial charge in [-0.25, -0.2) is 0 Å². The first kappa shape index (κ1) is 15.5. The molecule has 0 saturated carbocycles. The predicted molar refractivity (Wildman–Crippen MR) is 86.2 cm³/mol. The minimum Gasteiger partial charge on any atom is -0.351 e. The molecular weight excluding hydrogens is 284 g/mol. The van der Waals surface area contributed by atoms with Crippen molar-refractivity contribution in [1.82, 2.24) is 10.6 Å². The van der Waals surface area contributed by atoms with E-state index in [1.165, 1.54) is 0 Å². The van der Waals surface area contributed by atoms with Crippen LogP contribution in [0.4, 0.5) is 0 Å². The molecule has 21 heavy (non-hydrogen) atoms. The number of hydrogen-bond acceptors (Lipinski definition) is 2. The number of amides is 1. The van der Waals surface area contributed by atoms with Gasteiger partial charge in [-0.3, -0.25) is 4.79 Å². The first-order valence-corrected chi connectivity index (χ1v) is 7.32. The average Bonchev–Trinajstić information content (AvgIpc) is 2.51. The number of benzene rings is 2. The molecule has 0 aliphatic heterocycles. The van der Waals surface area contributed by atoms with Crippen LogP contribution in [0.5, 0.6) is 0 Å². The normalized spacial score (nSPS) is 11.9. The van der Waals surface area contributed by atoms with E-state index in [1.807, 2.05) is 61.5 Å². The predicted octanol–water partition coefficient (Wildman–Crippen LogP) is 3.31. The Labute approximate surface area is 130 Å². The smallest absolute Gasteiger partial charge is 0.234 e. The molecule has 3 nitrogen and oxygen atoms in total. The van der Waals surface area contributed by atoms with Gasteiger partial charge in [-0.05, 0) is 30.2 Å². The summed E-state index contributed by atoms with van der Waals surface area (Å²) in [4.78, 5) is 11.8. The first-order valence-electron chi connectivity index (χ1n) is 6.94. The number of halogens is 1. The van der Waals surface area contributed by atoms with Crippen LogP contribution in [0.3, 0.4) is 0 Å². The lowest BCUT2D eigenvalue weighted by atomic mass is 10.1. The van der Waals surface area contributed by atoms with Crippen LogP contribution in [0.15, 0.2) is 54.6 Å². The van der Waals surface area contributed by atoms with Crippen molar-refractivity contribution < 1.29 is 4.79 Å². The molecule has 0 spiro atoms. The maximum absolute atomic E-state index is 11.8. The van der Waals surface area contributed by atoms with Crippen molar-refractivity contribution in [2.45, 2.75) is 19.5 Å². The monoisotopic (exact) mass is 302 g/mol. The van der Waals surface area contributed by atoms with E-state index in [2.05, 4.69) is 10.6 Å². The van der Waals surface area contributed by atoms with Crippen molar-refractivity contribution in [2.24, 2.45) is 0 Å². The summed E-state index contributed by atoms with van der Waals surface area (Å²) in [5, 5.41) is 6.78. The van der Waals surface area contributed by atoms with Gasteiger partial charge >= 0.3 is 0 Å². The fraction of sp³-hybridized carbons (Fsp3) is 0.235. The molecule has 0 unspecified atom stereocenters. The highest BCUT2D eigenvalue weighted by Crippen LogP contribution is 2.16. The van der Waals surface area contributed by atoms with Crippen molar-refractivity contribution in [1.29, 1.82) is 0 Å². The molecule has 0 aliphatic rings. The Morgan fingerprint density at radius 1 is 1.14 bits per heavy atom. The standard InChI is InChI=1S/C17H19ClN2O/c1-13(15-8-5-9-16(18)10-15)19-12-17(21)20-11-14-6-3-2-4-7-14/h2-10,13,19H,11-12H2,1H3,(H,20,21)/t13-/m1/s1. The van der Waals surface area contributed by atoms with E-state index < -0.39 is 0 Å². The van der Waals surface area contributed by atoms with Gasteiger partial charge in [0.25, 0.3) is 0 Å². The summed E-state index contributed by atoms with van der Waals surface area (Å²) in [6.45, 7) is 2.84. The van der Waals surface area contributed by atoms with Crippen LogP contribution in [0, 0.1) is 0 Å². The topological polar surface area (TPSA) is 41.1 Å². The molecule has 0 saturated heterocycles. The lowest BCUT2D eigenvalue weighted by Gasteiger charge is -2.14. The van der Waals surface area contributed by atoms with Crippen LogP contribution in [0.1, 0.15) is 24.1 Å². The van der Waals surface area contributed by atoms with Crippen LogP contribution in [0.2, 0.25) is 5.02 Å². The van der Waals surface area contributed by atoms with E-state index >= 15 is 0 Å². The van der Waals surface area contributed by atoms with Crippen molar-refractivity contribution in [3.63, 3.8) is 0 Å². The lowest BCUT2D eigenvalue weighted by molar-refractivity contribution is -0.120. The summed E-state index contributed by atoms with van der Waals surface area (Å²) in [5.41, 5.74) is 2.16. The second-order valence-electron chi connectivity index (χ2n) is 4.92. The van der Waals surface area contributed by atoms with E-state index in [0.29, 0.717) is 11.6 Å². The molecule has 1 amide bonds. The molecule has 0 fully saturated rings. The van der Waals surface area contributed by atoms with E-state index in [0.717, 1.165) is 11.1 Å². The number of carbonyl (C=O) groups is 1. The summed E-state index contributed by atoms with van der Waals surface area (Å²) in [6, 6.07) is 17.6. The van der Waals surface area contributed by atoms with E-state index in [9.17, 15) is 4.79 Å². The molecule has 4 heteroatoms. The molecule has 0 heterocycles. The van der Waals surface area contributed by atoms with Crippen LogP contribution >= 0.6 is 11.6 Å². The van der Waals surface area contributed by atoms with Gasteiger partial charge in [0.05, 0.1) is 6.54 Å². The van der Waals surface area contributed by atoms with Crippen molar-refractivity contribution in [3.05, 3.63) is 70.7 Å². The lowest BCUT2D eigenvalue weighted by Crippen LogP contribution is -2.34. The van der Waals surface area contributed by atoms with Crippen LogP contribution < -0.4 is 10.6 Å². The zero-order valence-corrected chi connectivity index (χ0v) is 12.7. The van der Waals surface area contributed by atoms with E-state index in [4.69, 9.17) is 11.6 Å². The van der Waals surface area contributed by atoms with Gasteiger partial charge in [-0.2, -0.15) is 0 Å². The second-order valence-corrected chi connectivity index (χ2v) is 5.36. The molecule has 2 rings (SSSR count). The van der Waals surface area contributed by atoms with Gasteiger partial charge in [0.1, 0.15) is 0 Å². The summed E-state index contributed by atoms with van der Waals surface area (Å²) in [5.74, 6) is -0.0206. The van der Waals surface area contributed by atoms with E-state index in [1.54, 1.807) is 0 Å². The summed E-state index contributed by atoms with van der Waals surface area (Å²) in [6.07, 6.45) is 0. The Morgan fingerprint density at radius 3 is 2.62 bits per heavy atom. The molecule has 2 aromatic rings. The van der Waals surface area contributed by atoms with Gasteiger partial charge in [0.15, 0.2) is 0 Å². The number of hydrogen-bond donors (Lipinski definition) is 2.